The van der Waals surface area contributed by atoms with Crippen molar-refractivity contribution in [2.75, 3.05) is 12.9 Å². The molecule has 1 aliphatic rings. The van der Waals surface area contributed by atoms with Gasteiger partial charge in [-0.2, -0.15) is 4.98 Å². The first-order valence-corrected chi connectivity index (χ1v) is 9.48. The van der Waals surface area contributed by atoms with Gasteiger partial charge >= 0.3 is 0 Å². The summed E-state index contributed by atoms with van der Waals surface area (Å²) in [5.74, 6) is 0.790. The number of hydrogen-bond acceptors (Lipinski definition) is 4. The molecule has 4 nitrogen and oxygen atoms in total. The zero-order valence-electron chi connectivity index (χ0n) is 14.4. The lowest BCUT2D eigenvalue weighted by molar-refractivity contribution is 0.0588. The van der Waals surface area contributed by atoms with Crippen molar-refractivity contribution in [3.05, 3.63) is 69.6 Å². The van der Waals surface area contributed by atoms with Gasteiger partial charge in [0.25, 0.3) is 5.56 Å². The van der Waals surface area contributed by atoms with Crippen molar-refractivity contribution in [1.29, 1.82) is 0 Å². The lowest BCUT2D eigenvalue weighted by atomic mass is 9.98. The third-order valence-corrected chi connectivity index (χ3v) is 5.81. The molecule has 2 heterocycles. The highest BCUT2D eigenvalue weighted by Gasteiger charge is 2.28. The van der Waals surface area contributed by atoms with E-state index in [1.165, 1.54) is 16.3 Å². The predicted octanol–water partition coefficient (Wildman–Crippen LogP) is 3.80. The third kappa shape index (κ3) is 2.77. The number of aromatic nitrogens is 2. The maximum atomic E-state index is 12.5. The highest BCUT2D eigenvalue weighted by atomic mass is 32.2. The fourth-order valence-corrected chi connectivity index (χ4v) is 4.65. The first kappa shape index (κ1) is 16.4. The molecule has 0 fully saturated rings. The Hall–Kier alpha value is -2.11. The second-order valence-corrected chi connectivity index (χ2v) is 7.15. The van der Waals surface area contributed by atoms with Crippen molar-refractivity contribution in [3.63, 3.8) is 0 Å². The SMILES string of the molecule is CCc1c(Cc2cccc3ccccc23)n2c(nc1=O)SCC2OC. The van der Waals surface area contributed by atoms with Crippen molar-refractivity contribution in [1.82, 2.24) is 9.55 Å². The highest BCUT2D eigenvalue weighted by Crippen LogP contribution is 2.35. The molecule has 0 saturated carbocycles. The van der Waals surface area contributed by atoms with Crippen LogP contribution in [0.1, 0.15) is 30.0 Å². The van der Waals surface area contributed by atoms with Crippen LogP contribution in [-0.2, 0) is 17.6 Å². The van der Waals surface area contributed by atoms with Gasteiger partial charge in [0.2, 0.25) is 0 Å². The number of methoxy groups -OCH3 is 1. The van der Waals surface area contributed by atoms with Crippen LogP contribution < -0.4 is 5.56 Å². The highest BCUT2D eigenvalue weighted by molar-refractivity contribution is 7.99. The molecule has 0 aliphatic carbocycles. The van der Waals surface area contributed by atoms with Crippen LogP contribution in [0.15, 0.2) is 52.4 Å². The van der Waals surface area contributed by atoms with Crippen molar-refractivity contribution in [2.45, 2.75) is 31.1 Å². The summed E-state index contributed by atoms with van der Waals surface area (Å²) in [5.41, 5.74) is 2.94. The molecule has 0 N–H and O–H groups in total. The van der Waals surface area contributed by atoms with E-state index in [4.69, 9.17) is 4.74 Å². The predicted molar refractivity (Wildman–Crippen MR) is 101 cm³/mol. The molecule has 4 rings (SSSR count). The monoisotopic (exact) mass is 352 g/mol. The molecule has 5 heteroatoms. The molecule has 128 valence electrons. The maximum absolute atomic E-state index is 12.5. The molecule has 0 saturated heterocycles. The Morgan fingerprint density at radius 2 is 2.04 bits per heavy atom. The van der Waals surface area contributed by atoms with Crippen LogP contribution in [0.2, 0.25) is 0 Å². The summed E-state index contributed by atoms with van der Waals surface area (Å²) >= 11 is 1.59. The van der Waals surface area contributed by atoms with Crippen LogP contribution in [0.25, 0.3) is 10.8 Å². The Morgan fingerprint density at radius 3 is 2.84 bits per heavy atom. The number of nitrogens with zero attached hydrogens (tertiary/aromatic N) is 2. The third-order valence-electron chi connectivity index (χ3n) is 4.81. The molecule has 3 aromatic rings. The van der Waals surface area contributed by atoms with E-state index in [9.17, 15) is 4.79 Å². The molecule has 25 heavy (non-hydrogen) atoms. The van der Waals surface area contributed by atoms with E-state index in [2.05, 4.69) is 52.0 Å². The Balaban J connectivity index is 1.92. The van der Waals surface area contributed by atoms with E-state index < -0.39 is 0 Å². The Morgan fingerprint density at radius 1 is 1.24 bits per heavy atom. The second-order valence-electron chi connectivity index (χ2n) is 6.16. The normalized spacial score (nSPS) is 16.3. The standard InChI is InChI=1S/C20H20N2O2S/c1-3-15-17(22-18(24-2)12-25-20(22)21-19(15)23)11-14-9-6-8-13-7-4-5-10-16(13)14/h4-10,18H,3,11-12H2,1-2H3. The number of thioether (sulfide) groups is 1. The zero-order chi connectivity index (χ0) is 17.4. The Bertz CT molecular complexity index is 991. The van der Waals surface area contributed by atoms with Gasteiger partial charge in [-0.05, 0) is 22.8 Å². The second kappa shape index (κ2) is 6.65. The van der Waals surface area contributed by atoms with Gasteiger partial charge in [-0.15, -0.1) is 0 Å². The molecule has 0 radical (unpaired) electrons. The Kier molecular flexibility index (Phi) is 4.36. The van der Waals surface area contributed by atoms with E-state index in [0.717, 1.165) is 22.2 Å². The number of fused-ring (bicyclic) bond motifs is 2. The smallest absolute Gasteiger partial charge is 0.277 e. The molecule has 1 unspecified atom stereocenters. The number of ether oxygens (including phenoxy) is 1. The first-order valence-electron chi connectivity index (χ1n) is 8.49. The van der Waals surface area contributed by atoms with E-state index in [1.54, 1.807) is 18.9 Å². The summed E-state index contributed by atoms with van der Waals surface area (Å²) in [6, 6.07) is 14.7. The molecule has 0 spiro atoms. The first-order chi connectivity index (χ1) is 12.2. The molecule has 0 amide bonds. The summed E-state index contributed by atoms with van der Waals surface area (Å²) in [6.07, 6.45) is 1.31. The van der Waals surface area contributed by atoms with Crippen LogP contribution in [0, 0.1) is 0 Å². The van der Waals surface area contributed by atoms with Gasteiger partial charge in [-0.25, -0.2) is 0 Å². The van der Waals surface area contributed by atoms with Crippen molar-refractivity contribution >= 4 is 22.5 Å². The van der Waals surface area contributed by atoms with E-state index in [-0.39, 0.29) is 11.8 Å². The number of hydrogen-bond donors (Lipinski definition) is 0. The summed E-state index contributed by atoms with van der Waals surface area (Å²) in [6.45, 7) is 2.02. The lowest BCUT2D eigenvalue weighted by Crippen LogP contribution is -2.25. The van der Waals surface area contributed by atoms with Crippen LogP contribution in [0.5, 0.6) is 0 Å². The summed E-state index contributed by atoms with van der Waals surface area (Å²) in [4.78, 5) is 16.8. The topological polar surface area (TPSA) is 44.1 Å². The van der Waals surface area contributed by atoms with Crippen LogP contribution in [-0.4, -0.2) is 22.4 Å². The zero-order valence-corrected chi connectivity index (χ0v) is 15.2. The fraction of sp³-hybridized carbons (Fsp3) is 0.300. The van der Waals surface area contributed by atoms with Crippen molar-refractivity contribution in [2.24, 2.45) is 0 Å². The van der Waals surface area contributed by atoms with E-state index >= 15 is 0 Å². The minimum absolute atomic E-state index is 0.0663. The molecular formula is C20H20N2O2S. The van der Waals surface area contributed by atoms with E-state index in [0.29, 0.717) is 12.8 Å². The molecule has 1 aromatic heterocycles. The average molecular weight is 352 g/mol. The maximum Gasteiger partial charge on any atom is 0.277 e. The van der Waals surface area contributed by atoms with Crippen molar-refractivity contribution < 1.29 is 4.74 Å². The molecule has 1 atom stereocenters. The van der Waals surface area contributed by atoms with Gasteiger partial charge in [0.1, 0.15) is 6.23 Å². The molecule has 1 aliphatic heterocycles. The van der Waals surface area contributed by atoms with Gasteiger partial charge in [0, 0.05) is 30.5 Å². The van der Waals surface area contributed by atoms with Gasteiger partial charge < -0.3 is 4.74 Å². The molecule has 0 bridgehead atoms. The largest absolute Gasteiger partial charge is 0.360 e. The van der Waals surface area contributed by atoms with Crippen LogP contribution >= 0.6 is 11.8 Å². The summed E-state index contributed by atoms with van der Waals surface area (Å²) < 4.78 is 7.76. The van der Waals surface area contributed by atoms with Crippen LogP contribution in [0.3, 0.4) is 0 Å². The summed E-state index contributed by atoms with van der Waals surface area (Å²) in [5, 5.41) is 3.21. The lowest BCUT2D eigenvalue weighted by Gasteiger charge is -2.20. The number of rotatable bonds is 4. The molecular weight excluding hydrogens is 332 g/mol. The van der Waals surface area contributed by atoms with Crippen molar-refractivity contribution in [3.8, 4) is 0 Å². The van der Waals surface area contributed by atoms with Gasteiger partial charge in [-0.3, -0.25) is 9.36 Å². The Labute approximate surface area is 150 Å². The van der Waals surface area contributed by atoms with Crippen LogP contribution in [0.4, 0.5) is 0 Å². The summed E-state index contributed by atoms with van der Waals surface area (Å²) in [7, 11) is 1.71. The van der Waals surface area contributed by atoms with Gasteiger partial charge in [-0.1, -0.05) is 61.2 Å². The quantitative estimate of drug-likeness (QED) is 0.670. The minimum atomic E-state index is -0.103. The fourth-order valence-electron chi connectivity index (χ4n) is 3.56. The minimum Gasteiger partial charge on any atom is -0.360 e. The average Bonchev–Trinajstić information content (AvgIpc) is 3.04. The van der Waals surface area contributed by atoms with Gasteiger partial charge in [0.05, 0.1) is 0 Å². The molecule has 2 aromatic carbocycles. The number of benzene rings is 2. The van der Waals surface area contributed by atoms with E-state index in [1.807, 2.05) is 6.92 Å². The van der Waals surface area contributed by atoms with Gasteiger partial charge in [0.15, 0.2) is 5.16 Å².